The summed E-state index contributed by atoms with van der Waals surface area (Å²) in [5.41, 5.74) is 0.355. The van der Waals surface area contributed by atoms with Gasteiger partial charge in [0.25, 0.3) is 6.29 Å². The molecule has 0 fully saturated rings. The SMILES string of the molecule is O=[C]c1cc2ccccc2cn1. The van der Waals surface area contributed by atoms with E-state index in [1.165, 1.54) is 0 Å². The van der Waals surface area contributed by atoms with Crippen LogP contribution in [0.3, 0.4) is 0 Å². The van der Waals surface area contributed by atoms with Crippen molar-refractivity contribution < 1.29 is 4.79 Å². The first-order valence-electron chi connectivity index (χ1n) is 3.63. The van der Waals surface area contributed by atoms with Crippen molar-refractivity contribution in [3.05, 3.63) is 42.2 Å². The van der Waals surface area contributed by atoms with Crippen molar-refractivity contribution in [1.82, 2.24) is 4.98 Å². The lowest BCUT2D eigenvalue weighted by molar-refractivity contribution is 0.561. The molecule has 2 heteroatoms. The maximum atomic E-state index is 10.3. The standard InChI is InChI=1S/C10H6NO/c12-7-10-5-8-3-1-2-4-9(8)6-11-10/h1-6H. The molecular weight excluding hydrogens is 150 g/mol. The van der Waals surface area contributed by atoms with Crippen LogP contribution in [0.25, 0.3) is 10.8 Å². The van der Waals surface area contributed by atoms with Crippen molar-refractivity contribution in [2.45, 2.75) is 0 Å². The molecule has 2 aromatic rings. The van der Waals surface area contributed by atoms with Gasteiger partial charge in [0.05, 0.1) is 0 Å². The summed E-state index contributed by atoms with van der Waals surface area (Å²) in [7, 11) is 0. The third kappa shape index (κ3) is 1.07. The highest BCUT2D eigenvalue weighted by atomic mass is 16.1. The number of pyridine rings is 1. The molecule has 2 rings (SSSR count). The highest BCUT2D eigenvalue weighted by molar-refractivity contribution is 5.86. The summed E-state index contributed by atoms with van der Waals surface area (Å²) in [6.45, 7) is 0. The molecule has 0 bridgehead atoms. The van der Waals surface area contributed by atoms with Crippen LogP contribution < -0.4 is 0 Å². The first-order chi connectivity index (χ1) is 5.90. The van der Waals surface area contributed by atoms with E-state index >= 15 is 0 Å². The molecule has 1 heterocycles. The number of hydrogen-bond donors (Lipinski definition) is 0. The molecule has 0 saturated heterocycles. The minimum Gasteiger partial charge on any atom is -0.283 e. The average molecular weight is 156 g/mol. The Balaban J connectivity index is 2.75. The molecule has 12 heavy (non-hydrogen) atoms. The Kier molecular flexibility index (Phi) is 1.59. The zero-order valence-corrected chi connectivity index (χ0v) is 6.32. The molecule has 1 aromatic carbocycles. The van der Waals surface area contributed by atoms with E-state index in [0.717, 1.165) is 10.8 Å². The molecule has 2 nitrogen and oxygen atoms in total. The minimum absolute atomic E-state index is 0.355. The maximum Gasteiger partial charge on any atom is 0.253 e. The molecule has 0 aliphatic heterocycles. The van der Waals surface area contributed by atoms with Crippen molar-refractivity contribution in [3.63, 3.8) is 0 Å². The van der Waals surface area contributed by atoms with Crippen LogP contribution in [0.1, 0.15) is 5.69 Å². The third-order valence-corrected chi connectivity index (χ3v) is 1.74. The van der Waals surface area contributed by atoms with E-state index in [2.05, 4.69) is 4.98 Å². The summed E-state index contributed by atoms with van der Waals surface area (Å²) in [4.78, 5) is 14.2. The summed E-state index contributed by atoms with van der Waals surface area (Å²) < 4.78 is 0. The van der Waals surface area contributed by atoms with Crippen molar-refractivity contribution in [2.75, 3.05) is 0 Å². The van der Waals surface area contributed by atoms with E-state index in [4.69, 9.17) is 0 Å². The Morgan fingerprint density at radius 3 is 2.67 bits per heavy atom. The fourth-order valence-corrected chi connectivity index (χ4v) is 1.14. The molecule has 1 aromatic heterocycles. The van der Waals surface area contributed by atoms with Crippen LogP contribution in [0, 0.1) is 0 Å². The van der Waals surface area contributed by atoms with E-state index in [1.807, 2.05) is 24.3 Å². The van der Waals surface area contributed by atoms with Gasteiger partial charge >= 0.3 is 0 Å². The number of hydrogen-bond acceptors (Lipinski definition) is 2. The minimum atomic E-state index is 0.355. The van der Waals surface area contributed by atoms with Gasteiger partial charge in [0.15, 0.2) is 0 Å². The van der Waals surface area contributed by atoms with Crippen molar-refractivity contribution in [1.29, 1.82) is 0 Å². The Morgan fingerprint density at radius 2 is 1.92 bits per heavy atom. The normalized spacial score (nSPS) is 10.0. The van der Waals surface area contributed by atoms with Gasteiger partial charge in [-0.15, -0.1) is 0 Å². The van der Waals surface area contributed by atoms with Crippen LogP contribution >= 0.6 is 0 Å². The first-order valence-corrected chi connectivity index (χ1v) is 3.63. The van der Waals surface area contributed by atoms with Gasteiger partial charge in [-0.1, -0.05) is 24.3 Å². The predicted molar refractivity (Wildman–Crippen MR) is 46.5 cm³/mol. The van der Waals surface area contributed by atoms with Gasteiger partial charge < -0.3 is 0 Å². The zero-order chi connectivity index (χ0) is 8.39. The van der Waals surface area contributed by atoms with Crippen molar-refractivity contribution >= 4 is 17.1 Å². The highest BCUT2D eigenvalue weighted by Gasteiger charge is 1.95. The number of benzene rings is 1. The average Bonchev–Trinajstić information content (AvgIpc) is 2.17. The van der Waals surface area contributed by atoms with Gasteiger partial charge in [0, 0.05) is 11.6 Å². The lowest BCUT2D eigenvalue weighted by Crippen LogP contribution is -1.85. The Bertz CT molecular complexity index is 423. The van der Waals surface area contributed by atoms with Crippen LogP contribution in [0.4, 0.5) is 0 Å². The fourth-order valence-electron chi connectivity index (χ4n) is 1.14. The number of fused-ring (bicyclic) bond motifs is 1. The molecule has 0 amide bonds. The van der Waals surface area contributed by atoms with E-state index in [9.17, 15) is 4.79 Å². The molecule has 0 spiro atoms. The van der Waals surface area contributed by atoms with Gasteiger partial charge in [-0.3, -0.25) is 9.78 Å². The third-order valence-electron chi connectivity index (χ3n) is 1.74. The second kappa shape index (κ2) is 2.74. The van der Waals surface area contributed by atoms with Crippen LogP contribution in [0.2, 0.25) is 0 Å². The molecule has 0 unspecified atom stereocenters. The zero-order valence-electron chi connectivity index (χ0n) is 6.32. The Hall–Kier alpha value is -1.70. The number of carbonyl (C=O) groups excluding carboxylic acids is 1. The monoisotopic (exact) mass is 156 g/mol. The highest BCUT2D eigenvalue weighted by Crippen LogP contribution is 2.11. The molecule has 0 atom stereocenters. The summed E-state index contributed by atoms with van der Waals surface area (Å²) >= 11 is 0. The van der Waals surface area contributed by atoms with Gasteiger partial charge in [-0.2, -0.15) is 0 Å². The first kappa shape index (κ1) is 6.98. The van der Waals surface area contributed by atoms with Crippen molar-refractivity contribution in [3.8, 4) is 0 Å². The molecule has 57 valence electrons. The van der Waals surface area contributed by atoms with E-state index in [-0.39, 0.29) is 0 Å². The van der Waals surface area contributed by atoms with Gasteiger partial charge in [-0.25, -0.2) is 0 Å². The van der Waals surface area contributed by atoms with Crippen LogP contribution in [0.15, 0.2) is 36.5 Å². The number of aromatic nitrogens is 1. The van der Waals surface area contributed by atoms with Crippen LogP contribution in [0.5, 0.6) is 0 Å². The molecule has 0 N–H and O–H groups in total. The Labute approximate surface area is 69.9 Å². The second-order valence-electron chi connectivity index (χ2n) is 2.52. The van der Waals surface area contributed by atoms with Gasteiger partial charge in [0.1, 0.15) is 5.69 Å². The van der Waals surface area contributed by atoms with Gasteiger partial charge in [0.2, 0.25) is 0 Å². The predicted octanol–water partition coefficient (Wildman–Crippen LogP) is 1.69. The summed E-state index contributed by atoms with van der Waals surface area (Å²) in [5.74, 6) is 0. The molecule has 1 radical (unpaired) electrons. The van der Waals surface area contributed by atoms with Crippen molar-refractivity contribution in [2.24, 2.45) is 0 Å². The number of rotatable bonds is 1. The summed E-state index contributed by atoms with van der Waals surface area (Å²) in [5, 5.41) is 2.06. The fraction of sp³-hybridized carbons (Fsp3) is 0. The summed E-state index contributed by atoms with van der Waals surface area (Å²) in [6, 6.07) is 9.49. The quantitative estimate of drug-likeness (QED) is 0.628. The summed E-state index contributed by atoms with van der Waals surface area (Å²) in [6.07, 6.45) is 3.43. The molecule has 0 aliphatic rings. The van der Waals surface area contributed by atoms with E-state index in [1.54, 1.807) is 18.5 Å². The number of nitrogens with zero attached hydrogens (tertiary/aromatic N) is 1. The van der Waals surface area contributed by atoms with Crippen LogP contribution in [-0.4, -0.2) is 11.3 Å². The lowest BCUT2D eigenvalue weighted by Gasteiger charge is -1.95. The van der Waals surface area contributed by atoms with E-state index < -0.39 is 0 Å². The Morgan fingerprint density at radius 1 is 1.17 bits per heavy atom. The smallest absolute Gasteiger partial charge is 0.253 e. The van der Waals surface area contributed by atoms with E-state index in [0.29, 0.717) is 5.69 Å². The maximum absolute atomic E-state index is 10.3. The topological polar surface area (TPSA) is 30.0 Å². The van der Waals surface area contributed by atoms with Crippen LogP contribution in [-0.2, 0) is 4.79 Å². The molecular formula is C10H6NO. The molecule has 0 aliphatic carbocycles. The largest absolute Gasteiger partial charge is 0.283 e. The second-order valence-corrected chi connectivity index (χ2v) is 2.52. The lowest BCUT2D eigenvalue weighted by atomic mass is 10.1. The van der Waals surface area contributed by atoms with Gasteiger partial charge in [-0.05, 0) is 11.5 Å². The molecule has 0 saturated carbocycles.